The lowest BCUT2D eigenvalue weighted by Crippen LogP contribution is -2.30. The van der Waals surface area contributed by atoms with Crippen molar-refractivity contribution >= 4 is 11.9 Å². The standard InChI is InChI=1S/C12H14FNO4/c1-7-6-8(2-3-9(7)13)11(12(17)18)14-5-4-10(15)16/h2-3,6,11,14H,4-5H2,1H3,(H,15,16)(H,17,18). The van der Waals surface area contributed by atoms with Gasteiger partial charge >= 0.3 is 11.9 Å². The van der Waals surface area contributed by atoms with Crippen LogP contribution in [0.15, 0.2) is 18.2 Å². The fourth-order valence-corrected chi connectivity index (χ4v) is 1.52. The summed E-state index contributed by atoms with van der Waals surface area (Å²) in [6.45, 7) is 1.57. The Balaban J connectivity index is 2.80. The van der Waals surface area contributed by atoms with Crippen molar-refractivity contribution in [1.29, 1.82) is 0 Å². The van der Waals surface area contributed by atoms with Gasteiger partial charge in [0, 0.05) is 6.54 Å². The van der Waals surface area contributed by atoms with Gasteiger partial charge in [0.15, 0.2) is 0 Å². The predicted molar refractivity (Wildman–Crippen MR) is 61.8 cm³/mol. The maximum Gasteiger partial charge on any atom is 0.325 e. The first kappa shape index (κ1) is 14.1. The SMILES string of the molecule is Cc1cc(C(NCCC(=O)O)C(=O)O)ccc1F. The summed E-state index contributed by atoms with van der Waals surface area (Å²) in [5, 5.41) is 20.1. The normalized spacial score (nSPS) is 12.1. The van der Waals surface area contributed by atoms with Gasteiger partial charge in [-0.05, 0) is 24.1 Å². The van der Waals surface area contributed by atoms with E-state index in [0.29, 0.717) is 11.1 Å². The van der Waals surface area contributed by atoms with Crippen molar-refractivity contribution in [3.8, 4) is 0 Å². The highest BCUT2D eigenvalue weighted by molar-refractivity contribution is 5.75. The van der Waals surface area contributed by atoms with E-state index in [4.69, 9.17) is 10.2 Å². The van der Waals surface area contributed by atoms with Crippen LogP contribution in [-0.2, 0) is 9.59 Å². The van der Waals surface area contributed by atoms with E-state index in [1.54, 1.807) is 0 Å². The van der Waals surface area contributed by atoms with Crippen molar-refractivity contribution in [2.24, 2.45) is 0 Å². The number of halogens is 1. The Hall–Kier alpha value is -1.95. The molecule has 1 unspecified atom stereocenters. The highest BCUT2D eigenvalue weighted by Gasteiger charge is 2.19. The monoisotopic (exact) mass is 255 g/mol. The van der Waals surface area contributed by atoms with Crippen LogP contribution in [0.25, 0.3) is 0 Å². The number of aliphatic carboxylic acids is 2. The van der Waals surface area contributed by atoms with E-state index >= 15 is 0 Å². The summed E-state index contributed by atoms with van der Waals surface area (Å²) in [5.41, 5.74) is 0.741. The second-order valence-electron chi connectivity index (χ2n) is 3.88. The van der Waals surface area contributed by atoms with E-state index in [-0.39, 0.29) is 13.0 Å². The molecule has 0 heterocycles. The topological polar surface area (TPSA) is 86.6 Å². The lowest BCUT2D eigenvalue weighted by Gasteiger charge is -2.15. The van der Waals surface area contributed by atoms with Gasteiger partial charge in [0.25, 0.3) is 0 Å². The number of rotatable bonds is 6. The fraction of sp³-hybridized carbons (Fsp3) is 0.333. The van der Waals surface area contributed by atoms with Gasteiger partial charge in [-0.25, -0.2) is 4.39 Å². The number of hydrogen-bond acceptors (Lipinski definition) is 3. The Morgan fingerprint density at radius 3 is 2.56 bits per heavy atom. The minimum Gasteiger partial charge on any atom is -0.481 e. The summed E-state index contributed by atoms with van der Waals surface area (Å²) >= 11 is 0. The van der Waals surface area contributed by atoms with E-state index in [9.17, 15) is 14.0 Å². The Morgan fingerprint density at radius 2 is 2.06 bits per heavy atom. The largest absolute Gasteiger partial charge is 0.481 e. The molecule has 0 aromatic heterocycles. The van der Waals surface area contributed by atoms with Crippen LogP contribution >= 0.6 is 0 Å². The molecule has 98 valence electrons. The summed E-state index contributed by atoms with van der Waals surface area (Å²) in [6.07, 6.45) is -0.177. The molecule has 6 heteroatoms. The van der Waals surface area contributed by atoms with Crippen LogP contribution < -0.4 is 5.32 Å². The van der Waals surface area contributed by atoms with Gasteiger partial charge in [0.2, 0.25) is 0 Å². The average Bonchev–Trinajstić information content (AvgIpc) is 2.27. The second kappa shape index (κ2) is 6.11. The molecular formula is C12H14FNO4. The summed E-state index contributed by atoms with van der Waals surface area (Å²) in [4.78, 5) is 21.4. The van der Waals surface area contributed by atoms with Crippen LogP contribution in [0.3, 0.4) is 0 Å². The van der Waals surface area contributed by atoms with Gasteiger partial charge < -0.3 is 15.5 Å². The van der Waals surface area contributed by atoms with Gasteiger partial charge in [-0.2, -0.15) is 0 Å². The number of benzene rings is 1. The van der Waals surface area contributed by atoms with Crippen LogP contribution in [0.5, 0.6) is 0 Å². The molecule has 5 nitrogen and oxygen atoms in total. The first-order valence-corrected chi connectivity index (χ1v) is 5.36. The smallest absolute Gasteiger partial charge is 0.325 e. The molecule has 0 aliphatic carbocycles. The molecule has 18 heavy (non-hydrogen) atoms. The van der Waals surface area contributed by atoms with Crippen molar-refractivity contribution in [1.82, 2.24) is 5.32 Å². The maximum absolute atomic E-state index is 13.1. The Kier molecular flexibility index (Phi) is 4.79. The zero-order chi connectivity index (χ0) is 13.7. The third-order valence-electron chi connectivity index (χ3n) is 2.45. The summed E-state index contributed by atoms with van der Waals surface area (Å²) in [6, 6.07) is 2.96. The molecule has 0 aliphatic rings. The van der Waals surface area contributed by atoms with Gasteiger partial charge in [-0.3, -0.25) is 9.59 Å². The molecule has 1 rings (SSSR count). The summed E-state index contributed by atoms with van der Waals surface area (Å²) in [5.74, 6) is -2.55. The lowest BCUT2D eigenvalue weighted by molar-refractivity contribution is -0.141. The minimum atomic E-state index is -1.13. The molecule has 0 bridgehead atoms. The third-order valence-corrected chi connectivity index (χ3v) is 2.45. The van der Waals surface area contributed by atoms with E-state index in [0.717, 1.165) is 0 Å². The van der Waals surface area contributed by atoms with Crippen molar-refractivity contribution in [2.75, 3.05) is 6.54 Å². The molecule has 0 amide bonds. The van der Waals surface area contributed by atoms with Crippen molar-refractivity contribution in [3.63, 3.8) is 0 Å². The van der Waals surface area contributed by atoms with Crippen LogP contribution in [0.1, 0.15) is 23.6 Å². The van der Waals surface area contributed by atoms with Crippen molar-refractivity contribution in [2.45, 2.75) is 19.4 Å². The highest BCUT2D eigenvalue weighted by Crippen LogP contribution is 2.17. The van der Waals surface area contributed by atoms with E-state index in [1.807, 2.05) is 0 Å². The maximum atomic E-state index is 13.1. The van der Waals surface area contributed by atoms with E-state index in [1.165, 1.54) is 25.1 Å². The number of carboxylic acids is 2. The Bertz CT molecular complexity index is 461. The Labute approximate surface area is 103 Å². The van der Waals surface area contributed by atoms with Crippen LogP contribution in [0, 0.1) is 12.7 Å². The quantitative estimate of drug-likeness (QED) is 0.713. The van der Waals surface area contributed by atoms with Gasteiger partial charge in [0.1, 0.15) is 11.9 Å². The number of aryl methyl sites for hydroxylation is 1. The van der Waals surface area contributed by atoms with Gasteiger partial charge in [-0.15, -0.1) is 0 Å². The molecule has 1 aromatic carbocycles. The van der Waals surface area contributed by atoms with Crippen LogP contribution in [0.4, 0.5) is 4.39 Å². The number of carbonyl (C=O) groups is 2. The summed E-state index contributed by atoms with van der Waals surface area (Å²) < 4.78 is 13.1. The average molecular weight is 255 g/mol. The predicted octanol–water partition coefficient (Wildman–Crippen LogP) is 1.32. The van der Waals surface area contributed by atoms with Gasteiger partial charge in [0.05, 0.1) is 6.42 Å². The van der Waals surface area contributed by atoms with E-state index < -0.39 is 23.8 Å². The second-order valence-corrected chi connectivity index (χ2v) is 3.88. The Morgan fingerprint density at radius 1 is 1.39 bits per heavy atom. The first-order valence-electron chi connectivity index (χ1n) is 5.36. The minimum absolute atomic E-state index is 0.0305. The number of nitrogens with one attached hydrogen (secondary N) is 1. The molecule has 0 spiro atoms. The highest BCUT2D eigenvalue weighted by atomic mass is 19.1. The first-order chi connectivity index (χ1) is 8.41. The molecule has 0 fully saturated rings. The van der Waals surface area contributed by atoms with Crippen LogP contribution in [-0.4, -0.2) is 28.7 Å². The molecule has 3 N–H and O–H groups in total. The molecular weight excluding hydrogens is 241 g/mol. The van der Waals surface area contributed by atoms with Gasteiger partial charge in [-0.1, -0.05) is 12.1 Å². The molecule has 1 aromatic rings. The van der Waals surface area contributed by atoms with Crippen LogP contribution in [0.2, 0.25) is 0 Å². The molecule has 0 saturated carbocycles. The molecule has 0 aliphatic heterocycles. The zero-order valence-corrected chi connectivity index (χ0v) is 9.81. The number of carboxylic acid groups (broad SMARTS) is 2. The zero-order valence-electron chi connectivity index (χ0n) is 9.81. The molecule has 0 saturated heterocycles. The fourth-order valence-electron chi connectivity index (χ4n) is 1.52. The third kappa shape index (κ3) is 3.81. The van der Waals surface area contributed by atoms with Crippen molar-refractivity contribution in [3.05, 3.63) is 35.1 Å². The van der Waals surface area contributed by atoms with Crippen molar-refractivity contribution < 1.29 is 24.2 Å². The molecule has 0 radical (unpaired) electrons. The molecule has 1 atom stereocenters. The summed E-state index contributed by atoms with van der Waals surface area (Å²) in [7, 11) is 0. The lowest BCUT2D eigenvalue weighted by atomic mass is 10.0. The van der Waals surface area contributed by atoms with E-state index in [2.05, 4.69) is 5.32 Å². The number of hydrogen-bond donors (Lipinski definition) is 3.